The van der Waals surface area contributed by atoms with E-state index in [2.05, 4.69) is 49.1 Å². The van der Waals surface area contributed by atoms with E-state index in [1.165, 1.54) is 47.9 Å². The van der Waals surface area contributed by atoms with Gasteiger partial charge >= 0.3 is 0 Å². The molecule has 1 aliphatic heterocycles. The number of aryl methyl sites for hydroxylation is 1. The summed E-state index contributed by atoms with van der Waals surface area (Å²) < 4.78 is 5.73. The molecule has 1 aromatic carbocycles. The SMILES string of the molecule is Cc1ccccc1N1[C@@H](C)c2c(sc3occc23)C12CCCC2. The molecule has 0 N–H and O–H groups in total. The smallest absolute Gasteiger partial charge is 0.188 e. The number of fused-ring (bicyclic) bond motifs is 4. The van der Waals surface area contributed by atoms with Gasteiger partial charge in [0, 0.05) is 21.5 Å². The van der Waals surface area contributed by atoms with Crippen LogP contribution in [-0.4, -0.2) is 0 Å². The minimum Gasteiger partial charge on any atom is -0.454 e. The second-order valence-corrected chi connectivity index (χ2v) is 8.02. The van der Waals surface area contributed by atoms with E-state index in [1.54, 1.807) is 4.88 Å². The number of benzene rings is 1. The van der Waals surface area contributed by atoms with Crippen LogP contribution in [0.4, 0.5) is 5.69 Å². The molecule has 0 amide bonds. The molecule has 3 heteroatoms. The van der Waals surface area contributed by atoms with E-state index < -0.39 is 0 Å². The molecule has 2 aromatic heterocycles. The Morgan fingerprint density at radius 1 is 1.17 bits per heavy atom. The maximum atomic E-state index is 5.73. The summed E-state index contributed by atoms with van der Waals surface area (Å²) in [5, 5.41) is 1.33. The molecule has 1 saturated carbocycles. The third-order valence-corrected chi connectivity index (χ3v) is 7.16. The zero-order chi connectivity index (χ0) is 15.6. The van der Waals surface area contributed by atoms with Crippen LogP contribution in [0.2, 0.25) is 0 Å². The Morgan fingerprint density at radius 3 is 2.74 bits per heavy atom. The van der Waals surface area contributed by atoms with Crippen LogP contribution in [0.3, 0.4) is 0 Å². The van der Waals surface area contributed by atoms with Crippen molar-refractivity contribution in [3.05, 3.63) is 52.6 Å². The summed E-state index contributed by atoms with van der Waals surface area (Å²) in [4.78, 5) is 5.40. The first kappa shape index (κ1) is 13.7. The van der Waals surface area contributed by atoms with Gasteiger partial charge in [-0.2, -0.15) is 0 Å². The molecule has 1 spiro atoms. The molecule has 0 radical (unpaired) electrons. The highest BCUT2D eigenvalue weighted by molar-refractivity contribution is 7.18. The fourth-order valence-electron chi connectivity index (χ4n) is 4.91. The summed E-state index contributed by atoms with van der Waals surface area (Å²) in [7, 11) is 0. The zero-order valence-electron chi connectivity index (χ0n) is 13.6. The highest BCUT2D eigenvalue weighted by Gasteiger charge is 2.52. The van der Waals surface area contributed by atoms with Crippen LogP contribution < -0.4 is 4.90 Å². The van der Waals surface area contributed by atoms with Crippen LogP contribution in [0.5, 0.6) is 0 Å². The van der Waals surface area contributed by atoms with Crippen molar-refractivity contribution in [1.82, 2.24) is 0 Å². The number of anilines is 1. The molecule has 2 aliphatic rings. The molecule has 0 bridgehead atoms. The van der Waals surface area contributed by atoms with Gasteiger partial charge in [-0.1, -0.05) is 31.0 Å². The molecule has 5 rings (SSSR count). The first-order valence-corrected chi connectivity index (χ1v) is 9.39. The summed E-state index contributed by atoms with van der Waals surface area (Å²) in [6.45, 7) is 4.61. The van der Waals surface area contributed by atoms with Gasteiger partial charge < -0.3 is 9.32 Å². The van der Waals surface area contributed by atoms with Crippen LogP contribution in [0.15, 0.2) is 41.0 Å². The van der Waals surface area contributed by atoms with Crippen molar-refractivity contribution >= 4 is 27.3 Å². The first-order chi connectivity index (χ1) is 11.2. The van der Waals surface area contributed by atoms with Gasteiger partial charge in [-0.25, -0.2) is 0 Å². The Morgan fingerprint density at radius 2 is 1.96 bits per heavy atom. The molecule has 0 unspecified atom stereocenters. The molecule has 3 aromatic rings. The highest BCUT2D eigenvalue weighted by atomic mass is 32.1. The van der Waals surface area contributed by atoms with Crippen LogP contribution in [0.25, 0.3) is 10.3 Å². The fourth-order valence-corrected chi connectivity index (χ4v) is 6.37. The summed E-state index contributed by atoms with van der Waals surface area (Å²) >= 11 is 1.89. The Labute approximate surface area is 140 Å². The molecule has 2 nitrogen and oxygen atoms in total. The van der Waals surface area contributed by atoms with Crippen LogP contribution in [-0.2, 0) is 5.54 Å². The van der Waals surface area contributed by atoms with Crippen molar-refractivity contribution < 1.29 is 4.42 Å². The summed E-state index contributed by atoms with van der Waals surface area (Å²) in [5.74, 6) is 0. The van der Waals surface area contributed by atoms with Gasteiger partial charge in [0.1, 0.15) is 0 Å². The number of rotatable bonds is 1. The number of para-hydroxylation sites is 1. The van der Waals surface area contributed by atoms with Crippen LogP contribution in [0, 0.1) is 6.92 Å². The molecule has 3 heterocycles. The van der Waals surface area contributed by atoms with E-state index >= 15 is 0 Å². The highest BCUT2D eigenvalue weighted by Crippen LogP contribution is 2.60. The molecule has 23 heavy (non-hydrogen) atoms. The molecule has 0 saturated heterocycles. The number of nitrogens with zero attached hydrogens (tertiary/aromatic N) is 1. The lowest BCUT2D eigenvalue weighted by molar-refractivity contribution is 0.421. The van der Waals surface area contributed by atoms with E-state index in [9.17, 15) is 0 Å². The fraction of sp³-hybridized carbons (Fsp3) is 0.400. The standard InChI is InChI=1S/C20H21NOS/c1-13-7-3-4-8-16(13)21-14(2)17-15-9-12-22-19(15)23-18(17)20(21)10-5-6-11-20/h3-4,7-9,12,14H,5-6,10-11H2,1-2H3/t14-/m0/s1. The lowest BCUT2D eigenvalue weighted by Crippen LogP contribution is -2.40. The Balaban J connectivity index is 1.78. The van der Waals surface area contributed by atoms with E-state index in [-0.39, 0.29) is 5.54 Å². The van der Waals surface area contributed by atoms with Gasteiger partial charge in [0.15, 0.2) is 4.90 Å². The van der Waals surface area contributed by atoms with Gasteiger partial charge in [0.25, 0.3) is 0 Å². The molecule has 118 valence electrons. The average Bonchev–Trinajstić information content (AvgIpc) is 3.26. The van der Waals surface area contributed by atoms with E-state index in [0.717, 1.165) is 4.90 Å². The van der Waals surface area contributed by atoms with Crippen molar-refractivity contribution in [2.24, 2.45) is 0 Å². The molecule has 1 atom stereocenters. The van der Waals surface area contributed by atoms with E-state index in [0.29, 0.717) is 6.04 Å². The third kappa shape index (κ3) is 1.64. The molecular weight excluding hydrogens is 302 g/mol. The zero-order valence-corrected chi connectivity index (χ0v) is 14.5. The second-order valence-electron chi connectivity index (χ2n) is 7.04. The predicted molar refractivity (Wildman–Crippen MR) is 96.3 cm³/mol. The Hall–Kier alpha value is -1.74. The van der Waals surface area contributed by atoms with Crippen molar-refractivity contribution in [2.75, 3.05) is 4.90 Å². The minimum absolute atomic E-state index is 0.188. The van der Waals surface area contributed by atoms with Crippen LogP contribution >= 0.6 is 11.3 Å². The number of thiophene rings is 1. The van der Waals surface area contributed by atoms with Gasteiger partial charge in [-0.05, 0) is 44.4 Å². The summed E-state index contributed by atoms with van der Waals surface area (Å²) in [6.07, 6.45) is 7.02. The monoisotopic (exact) mass is 323 g/mol. The third-order valence-electron chi connectivity index (χ3n) is 5.85. The molecular formula is C20H21NOS. The molecule has 1 fully saturated rings. The Kier molecular flexibility index (Phi) is 2.76. The van der Waals surface area contributed by atoms with Crippen molar-refractivity contribution in [2.45, 2.75) is 51.1 Å². The maximum absolute atomic E-state index is 5.73. The quantitative estimate of drug-likeness (QED) is 0.534. The normalized spacial score (nSPS) is 22.3. The van der Waals surface area contributed by atoms with Crippen molar-refractivity contribution in [1.29, 1.82) is 0 Å². The van der Waals surface area contributed by atoms with Crippen LogP contribution in [0.1, 0.15) is 54.7 Å². The number of hydrogen-bond acceptors (Lipinski definition) is 3. The van der Waals surface area contributed by atoms with Gasteiger partial charge in [-0.3, -0.25) is 0 Å². The summed E-state index contributed by atoms with van der Waals surface area (Å²) in [6, 6.07) is 11.4. The largest absolute Gasteiger partial charge is 0.454 e. The van der Waals surface area contributed by atoms with Crippen molar-refractivity contribution in [3.8, 4) is 0 Å². The van der Waals surface area contributed by atoms with Crippen molar-refractivity contribution in [3.63, 3.8) is 0 Å². The number of hydrogen-bond donors (Lipinski definition) is 0. The lowest BCUT2D eigenvalue weighted by atomic mass is 9.94. The first-order valence-electron chi connectivity index (χ1n) is 8.58. The van der Waals surface area contributed by atoms with Gasteiger partial charge in [0.05, 0.1) is 17.8 Å². The average molecular weight is 323 g/mol. The Bertz CT molecular complexity index is 884. The topological polar surface area (TPSA) is 16.4 Å². The minimum atomic E-state index is 0.188. The van der Waals surface area contributed by atoms with E-state index in [1.807, 2.05) is 17.6 Å². The van der Waals surface area contributed by atoms with Gasteiger partial charge in [0.2, 0.25) is 0 Å². The number of furan rings is 1. The summed E-state index contributed by atoms with van der Waals surface area (Å²) in [5.41, 5.74) is 4.49. The maximum Gasteiger partial charge on any atom is 0.188 e. The van der Waals surface area contributed by atoms with Gasteiger partial charge in [-0.15, -0.1) is 11.3 Å². The van der Waals surface area contributed by atoms with E-state index in [4.69, 9.17) is 4.42 Å². The second kappa shape index (κ2) is 4.64. The lowest BCUT2D eigenvalue weighted by Gasteiger charge is -2.41. The predicted octanol–water partition coefficient (Wildman–Crippen LogP) is 6.15. The molecule has 1 aliphatic carbocycles.